The molecule has 0 bridgehead atoms. The molecule has 0 spiro atoms. The van der Waals surface area contributed by atoms with Crippen LogP contribution in [0.3, 0.4) is 0 Å². The summed E-state index contributed by atoms with van der Waals surface area (Å²) in [5.74, 6) is 0.586. The Morgan fingerprint density at radius 2 is 1.96 bits per heavy atom. The van der Waals surface area contributed by atoms with Crippen LogP contribution in [0.1, 0.15) is 24.9 Å². The summed E-state index contributed by atoms with van der Waals surface area (Å²) < 4.78 is 5.70. The molecule has 3 N–H and O–H groups in total. The van der Waals surface area contributed by atoms with Crippen LogP contribution >= 0.6 is 11.6 Å². The summed E-state index contributed by atoms with van der Waals surface area (Å²) in [5.41, 5.74) is 6.99. The Bertz CT molecular complexity index is 634. The maximum Gasteiger partial charge on any atom is 0.222 e. The van der Waals surface area contributed by atoms with Crippen molar-refractivity contribution in [2.24, 2.45) is 5.73 Å². The third-order valence-electron chi connectivity index (χ3n) is 3.35. The maximum atomic E-state index is 12.0. The van der Waals surface area contributed by atoms with Crippen LogP contribution in [0.5, 0.6) is 5.75 Å². The number of hydrogen-bond acceptors (Lipinski definition) is 3. The second kappa shape index (κ2) is 8.56. The molecule has 0 aliphatic carbocycles. The molecule has 2 rings (SSSR count). The number of halogens is 1. The topological polar surface area (TPSA) is 64.4 Å². The SMILES string of the molecule is CC(CNC(=O)CC(N)c1ccccc1)Oc1cccc(Cl)c1. The molecule has 0 aliphatic rings. The number of rotatable bonds is 7. The molecule has 1 amide bonds. The maximum absolute atomic E-state index is 12.0. The third kappa shape index (κ3) is 5.93. The number of carbonyl (C=O) groups is 1. The molecule has 2 aromatic carbocycles. The Morgan fingerprint density at radius 1 is 1.22 bits per heavy atom. The van der Waals surface area contributed by atoms with Crippen LogP contribution in [0.4, 0.5) is 0 Å². The van der Waals surface area contributed by atoms with Crippen molar-refractivity contribution in [1.82, 2.24) is 5.32 Å². The fourth-order valence-electron chi connectivity index (χ4n) is 2.16. The van der Waals surface area contributed by atoms with Gasteiger partial charge in [0, 0.05) is 17.5 Å². The molecular formula is C18H21ClN2O2. The highest BCUT2D eigenvalue weighted by Gasteiger charge is 2.12. The van der Waals surface area contributed by atoms with Gasteiger partial charge in [-0.25, -0.2) is 0 Å². The average Bonchev–Trinajstić information content (AvgIpc) is 2.54. The quantitative estimate of drug-likeness (QED) is 0.817. The van der Waals surface area contributed by atoms with E-state index in [1.165, 1.54) is 0 Å². The lowest BCUT2D eigenvalue weighted by Gasteiger charge is -2.17. The Hall–Kier alpha value is -2.04. The molecule has 2 unspecified atom stereocenters. The standard InChI is InChI=1S/C18H21ClN2O2/c1-13(23-16-9-5-8-15(19)10-16)12-21-18(22)11-17(20)14-6-3-2-4-7-14/h2-10,13,17H,11-12,20H2,1H3,(H,21,22). The molecular weight excluding hydrogens is 312 g/mol. The molecule has 0 heterocycles. The Morgan fingerprint density at radius 3 is 2.65 bits per heavy atom. The minimum Gasteiger partial charge on any atom is -0.489 e. The molecule has 4 nitrogen and oxygen atoms in total. The van der Waals surface area contributed by atoms with Gasteiger partial charge in [0.2, 0.25) is 5.91 Å². The van der Waals surface area contributed by atoms with Crippen molar-refractivity contribution in [3.63, 3.8) is 0 Å². The van der Waals surface area contributed by atoms with Gasteiger partial charge in [-0.3, -0.25) is 4.79 Å². The highest BCUT2D eigenvalue weighted by atomic mass is 35.5. The van der Waals surface area contributed by atoms with Gasteiger partial charge in [0.25, 0.3) is 0 Å². The summed E-state index contributed by atoms with van der Waals surface area (Å²) >= 11 is 5.91. The van der Waals surface area contributed by atoms with Crippen LogP contribution in [-0.4, -0.2) is 18.6 Å². The predicted octanol–water partition coefficient (Wildman–Crippen LogP) is 3.31. The van der Waals surface area contributed by atoms with Crippen LogP contribution in [0.15, 0.2) is 54.6 Å². The zero-order chi connectivity index (χ0) is 16.7. The molecule has 0 saturated carbocycles. The summed E-state index contributed by atoms with van der Waals surface area (Å²) in [7, 11) is 0. The van der Waals surface area contributed by atoms with E-state index in [4.69, 9.17) is 22.1 Å². The van der Waals surface area contributed by atoms with Crippen molar-refractivity contribution in [2.75, 3.05) is 6.54 Å². The number of nitrogens with two attached hydrogens (primary N) is 1. The van der Waals surface area contributed by atoms with E-state index in [1.807, 2.05) is 49.4 Å². The van der Waals surface area contributed by atoms with Crippen molar-refractivity contribution in [1.29, 1.82) is 0 Å². The monoisotopic (exact) mass is 332 g/mol. The lowest BCUT2D eigenvalue weighted by Crippen LogP contribution is -2.35. The highest BCUT2D eigenvalue weighted by molar-refractivity contribution is 6.30. The molecule has 5 heteroatoms. The Balaban J connectivity index is 1.75. The van der Waals surface area contributed by atoms with Crippen LogP contribution in [0.25, 0.3) is 0 Å². The first kappa shape index (κ1) is 17.3. The van der Waals surface area contributed by atoms with Crippen molar-refractivity contribution in [3.05, 3.63) is 65.2 Å². The number of amides is 1. The van der Waals surface area contributed by atoms with Gasteiger partial charge in [-0.2, -0.15) is 0 Å². The van der Waals surface area contributed by atoms with Gasteiger partial charge >= 0.3 is 0 Å². The van der Waals surface area contributed by atoms with Crippen molar-refractivity contribution in [2.45, 2.75) is 25.5 Å². The molecule has 23 heavy (non-hydrogen) atoms. The molecule has 0 saturated heterocycles. The van der Waals surface area contributed by atoms with E-state index in [-0.39, 0.29) is 24.5 Å². The minimum atomic E-state index is -0.305. The fourth-order valence-corrected chi connectivity index (χ4v) is 2.34. The number of benzene rings is 2. The molecule has 0 fully saturated rings. The van der Waals surface area contributed by atoms with Crippen molar-refractivity contribution < 1.29 is 9.53 Å². The summed E-state index contributed by atoms with van der Waals surface area (Å²) in [6, 6.07) is 16.5. The zero-order valence-electron chi connectivity index (χ0n) is 13.0. The number of ether oxygens (including phenoxy) is 1. The number of hydrogen-bond donors (Lipinski definition) is 2. The van der Waals surface area contributed by atoms with E-state index >= 15 is 0 Å². The van der Waals surface area contributed by atoms with Gasteiger partial charge in [-0.05, 0) is 30.7 Å². The first-order chi connectivity index (χ1) is 11.0. The average molecular weight is 333 g/mol. The summed E-state index contributed by atoms with van der Waals surface area (Å²) in [5, 5.41) is 3.46. The predicted molar refractivity (Wildman–Crippen MR) is 92.5 cm³/mol. The van der Waals surface area contributed by atoms with E-state index in [2.05, 4.69) is 5.32 Å². The fraction of sp³-hybridized carbons (Fsp3) is 0.278. The molecule has 2 aromatic rings. The van der Waals surface area contributed by atoms with Crippen molar-refractivity contribution in [3.8, 4) is 5.75 Å². The van der Waals surface area contributed by atoms with E-state index in [0.29, 0.717) is 17.3 Å². The minimum absolute atomic E-state index is 0.0945. The van der Waals surface area contributed by atoms with Crippen LogP contribution < -0.4 is 15.8 Å². The normalized spacial score (nSPS) is 13.2. The summed E-state index contributed by atoms with van der Waals surface area (Å²) in [6.07, 6.45) is 0.0822. The summed E-state index contributed by atoms with van der Waals surface area (Å²) in [4.78, 5) is 12.0. The molecule has 0 aromatic heterocycles. The first-order valence-corrected chi connectivity index (χ1v) is 7.92. The van der Waals surface area contributed by atoms with Gasteiger partial charge in [-0.15, -0.1) is 0 Å². The van der Waals surface area contributed by atoms with Gasteiger partial charge in [0.05, 0.1) is 6.54 Å². The van der Waals surface area contributed by atoms with Gasteiger partial charge < -0.3 is 15.8 Å². The highest BCUT2D eigenvalue weighted by Crippen LogP contribution is 2.18. The smallest absolute Gasteiger partial charge is 0.222 e. The van der Waals surface area contributed by atoms with Gasteiger partial charge in [0.1, 0.15) is 11.9 Å². The van der Waals surface area contributed by atoms with E-state index in [0.717, 1.165) is 5.56 Å². The van der Waals surface area contributed by atoms with Crippen molar-refractivity contribution >= 4 is 17.5 Å². The van der Waals surface area contributed by atoms with E-state index < -0.39 is 0 Å². The molecule has 0 radical (unpaired) electrons. The largest absolute Gasteiger partial charge is 0.489 e. The Labute approximate surface area is 141 Å². The summed E-state index contributed by atoms with van der Waals surface area (Å²) in [6.45, 7) is 2.30. The first-order valence-electron chi connectivity index (χ1n) is 7.54. The molecule has 2 atom stereocenters. The number of nitrogens with one attached hydrogen (secondary N) is 1. The second-order valence-corrected chi connectivity index (χ2v) is 5.85. The number of carbonyl (C=O) groups excluding carboxylic acids is 1. The zero-order valence-corrected chi connectivity index (χ0v) is 13.8. The van der Waals surface area contributed by atoms with Crippen LogP contribution in [0, 0.1) is 0 Å². The lowest BCUT2D eigenvalue weighted by molar-refractivity contribution is -0.121. The van der Waals surface area contributed by atoms with Crippen LogP contribution in [-0.2, 0) is 4.79 Å². The molecule has 122 valence electrons. The Kier molecular flexibility index (Phi) is 6.44. The van der Waals surface area contributed by atoms with Crippen LogP contribution in [0.2, 0.25) is 5.02 Å². The van der Waals surface area contributed by atoms with E-state index in [9.17, 15) is 4.79 Å². The second-order valence-electron chi connectivity index (χ2n) is 5.41. The van der Waals surface area contributed by atoms with Gasteiger partial charge in [0.15, 0.2) is 0 Å². The molecule has 0 aliphatic heterocycles. The lowest BCUT2D eigenvalue weighted by atomic mass is 10.0. The van der Waals surface area contributed by atoms with E-state index in [1.54, 1.807) is 12.1 Å². The third-order valence-corrected chi connectivity index (χ3v) is 3.59. The van der Waals surface area contributed by atoms with Gasteiger partial charge in [-0.1, -0.05) is 48.0 Å².